The van der Waals surface area contributed by atoms with Crippen LogP contribution in [0.1, 0.15) is 18.1 Å². The molecule has 1 aliphatic heterocycles. The number of hydrogen-bond acceptors (Lipinski definition) is 4. The lowest BCUT2D eigenvalue weighted by Crippen LogP contribution is -2.34. The summed E-state index contributed by atoms with van der Waals surface area (Å²) in [6.45, 7) is 5.37. The van der Waals surface area contributed by atoms with Crippen molar-refractivity contribution in [3.05, 3.63) is 29.3 Å². The second kappa shape index (κ2) is 6.45. The Morgan fingerprint density at radius 1 is 1.43 bits per heavy atom. The fourth-order valence-electron chi connectivity index (χ4n) is 3.17. The zero-order valence-electron chi connectivity index (χ0n) is 13.4. The topological polar surface area (TPSA) is 65.6 Å². The normalized spacial score (nSPS) is 22.7. The lowest BCUT2D eigenvalue weighted by atomic mass is 10.1. The second-order valence-electron chi connectivity index (χ2n) is 6.15. The molecule has 1 aliphatic rings. The van der Waals surface area contributed by atoms with Gasteiger partial charge in [-0.15, -0.1) is 0 Å². The third-order valence-electron chi connectivity index (χ3n) is 4.27. The van der Waals surface area contributed by atoms with E-state index in [9.17, 15) is 0 Å². The van der Waals surface area contributed by atoms with Gasteiger partial charge in [-0.3, -0.25) is 10.3 Å². The van der Waals surface area contributed by atoms with E-state index in [4.69, 9.17) is 15.9 Å². The van der Waals surface area contributed by atoms with Crippen LogP contribution in [-0.4, -0.2) is 56.0 Å². The minimum absolute atomic E-state index is 0.0506. The van der Waals surface area contributed by atoms with Crippen LogP contribution in [0.15, 0.2) is 18.2 Å². The molecule has 1 aromatic rings. The molecule has 1 saturated heterocycles. The monoisotopic (exact) mass is 290 g/mol. The third kappa shape index (κ3) is 3.54. The molecule has 0 saturated carbocycles. The molecule has 116 valence electrons. The van der Waals surface area contributed by atoms with E-state index in [0.717, 1.165) is 19.6 Å². The number of nitrogens with one attached hydrogen (secondary N) is 1. The van der Waals surface area contributed by atoms with E-state index in [1.165, 1.54) is 5.56 Å². The molecule has 0 amide bonds. The number of likely N-dealkylation sites (tertiary alicyclic amines) is 1. The maximum absolute atomic E-state index is 7.66. The van der Waals surface area contributed by atoms with E-state index in [2.05, 4.69) is 36.9 Å². The van der Waals surface area contributed by atoms with Gasteiger partial charge >= 0.3 is 0 Å². The number of nitrogens with zero attached hydrogens (tertiary/aromatic N) is 2. The largest absolute Gasteiger partial charge is 0.496 e. The number of likely N-dealkylation sites (N-methyl/N-ethyl adjacent to an activating group) is 1. The third-order valence-corrected chi connectivity index (χ3v) is 4.27. The fourth-order valence-corrected chi connectivity index (χ4v) is 3.17. The van der Waals surface area contributed by atoms with Crippen molar-refractivity contribution in [2.24, 2.45) is 11.7 Å². The molecule has 1 aromatic carbocycles. The molecule has 1 fully saturated rings. The predicted molar refractivity (Wildman–Crippen MR) is 85.9 cm³/mol. The molecule has 5 nitrogen and oxygen atoms in total. The van der Waals surface area contributed by atoms with Crippen molar-refractivity contribution in [2.75, 3.05) is 34.3 Å². The second-order valence-corrected chi connectivity index (χ2v) is 6.15. The lowest BCUT2D eigenvalue weighted by Gasteiger charge is -2.22. The van der Waals surface area contributed by atoms with Crippen LogP contribution < -0.4 is 10.5 Å². The molecule has 2 atom stereocenters. The van der Waals surface area contributed by atoms with Crippen LogP contribution in [0.5, 0.6) is 5.75 Å². The minimum Gasteiger partial charge on any atom is -0.496 e. The van der Waals surface area contributed by atoms with E-state index < -0.39 is 0 Å². The summed E-state index contributed by atoms with van der Waals surface area (Å²) >= 11 is 0. The van der Waals surface area contributed by atoms with Gasteiger partial charge in [0.25, 0.3) is 0 Å². The molecule has 2 unspecified atom stereocenters. The summed E-state index contributed by atoms with van der Waals surface area (Å²) in [5.74, 6) is 1.38. The first-order valence-electron chi connectivity index (χ1n) is 7.32. The number of nitrogen functional groups attached to an aromatic ring is 1. The van der Waals surface area contributed by atoms with Gasteiger partial charge in [-0.25, -0.2) is 0 Å². The Kier molecular flexibility index (Phi) is 4.85. The summed E-state index contributed by atoms with van der Waals surface area (Å²) in [6, 6.07) is 6.53. The Morgan fingerprint density at radius 2 is 2.14 bits per heavy atom. The molecule has 0 spiro atoms. The Labute approximate surface area is 127 Å². The zero-order chi connectivity index (χ0) is 15.6. The van der Waals surface area contributed by atoms with Crippen LogP contribution in [0.3, 0.4) is 0 Å². The van der Waals surface area contributed by atoms with Crippen molar-refractivity contribution < 1.29 is 4.74 Å². The summed E-state index contributed by atoms with van der Waals surface area (Å²) in [7, 11) is 5.89. The number of benzene rings is 1. The fraction of sp³-hybridized carbons (Fsp3) is 0.562. The quantitative estimate of drug-likeness (QED) is 0.635. The van der Waals surface area contributed by atoms with Gasteiger partial charge in [0, 0.05) is 25.7 Å². The highest BCUT2D eigenvalue weighted by Crippen LogP contribution is 2.24. The first-order valence-corrected chi connectivity index (χ1v) is 7.32. The average Bonchev–Trinajstić information content (AvgIpc) is 2.79. The van der Waals surface area contributed by atoms with Crippen molar-refractivity contribution in [1.29, 1.82) is 5.41 Å². The van der Waals surface area contributed by atoms with Gasteiger partial charge in [-0.1, -0.05) is 13.0 Å². The summed E-state index contributed by atoms with van der Waals surface area (Å²) in [6.07, 6.45) is 0. The van der Waals surface area contributed by atoms with E-state index in [1.54, 1.807) is 7.11 Å². The highest BCUT2D eigenvalue weighted by atomic mass is 16.5. The van der Waals surface area contributed by atoms with Crippen LogP contribution in [0.2, 0.25) is 0 Å². The lowest BCUT2D eigenvalue weighted by molar-refractivity contribution is 0.250. The SMILES string of the molecule is COc1ccc(CN2CC(C)C(N(C)C)C2)cc1C(=N)N. The van der Waals surface area contributed by atoms with Gasteiger partial charge in [0.15, 0.2) is 0 Å². The summed E-state index contributed by atoms with van der Waals surface area (Å²) in [5, 5.41) is 7.66. The molecule has 2 rings (SSSR count). The van der Waals surface area contributed by atoms with E-state index in [1.807, 2.05) is 12.1 Å². The molecule has 0 radical (unpaired) electrons. The molecule has 1 heterocycles. The Hall–Kier alpha value is -1.59. The molecular formula is C16H26N4O. The Bertz CT molecular complexity index is 515. The van der Waals surface area contributed by atoms with E-state index in [0.29, 0.717) is 23.3 Å². The van der Waals surface area contributed by atoms with Crippen molar-refractivity contribution in [2.45, 2.75) is 19.5 Å². The Balaban J connectivity index is 2.10. The first kappa shape index (κ1) is 15.8. The number of rotatable bonds is 5. The first-order chi connectivity index (χ1) is 9.92. The van der Waals surface area contributed by atoms with Crippen LogP contribution in [-0.2, 0) is 6.54 Å². The minimum atomic E-state index is 0.0506. The highest BCUT2D eigenvalue weighted by Gasteiger charge is 2.30. The predicted octanol–water partition coefficient (Wildman–Crippen LogP) is 1.36. The molecule has 0 bridgehead atoms. The number of amidine groups is 1. The maximum Gasteiger partial charge on any atom is 0.129 e. The standard InChI is InChI=1S/C16H26N4O/c1-11-8-20(10-14(11)19(2)3)9-12-5-6-15(21-4)13(7-12)16(17)18/h5-7,11,14H,8-10H2,1-4H3,(H3,17,18). The summed E-state index contributed by atoms with van der Waals surface area (Å²) < 4.78 is 5.26. The zero-order valence-corrected chi connectivity index (χ0v) is 13.4. The molecule has 0 aliphatic carbocycles. The highest BCUT2D eigenvalue weighted by molar-refractivity contribution is 5.97. The number of hydrogen-bond donors (Lipinski definition) is 2. The summed E-state index contributed by atoms with van der Waals surface area (Å²) in [5.41, 5.74) is 7.48. The van der Waals surface area contributed by atoms with Crippen molar-refractivity contribution in [3.8, 4) is 5.75 Å². The van der Waals surface area contributed by atoms with Gasteiger partial charge in [0.05, 0.1) is 12.7 Å². The van der Waals surface area contributed by atoms with Crippen LogP contribution in [0, 0.1) is 11.3 Å². The van der Waals surface area contributed by atoms with Crippen LogP contribution >= 0.6 is 0 Å². The maximum atomic E-state index is 7.66. The average molecular weight is 290 g/mol. The smallest absolute Gasteiger partial charge is 0.129 e. The van der Waals surface area contributed by atoms with Gasteiger partial charge in [-0.2, -0.15) is 0 Å². The van der Waals surface area contributed by atoms with Crippen molar-refractivity contribution in [1.82, 2.24) is 9.80 Å². The molecular weight excluding hydrogens is 264 g/mol. The number of nitrogens with two attached hydrogens (primary N) is 1. The van der Waals surface area contributed by atoms with Crippen molar-refractivity contribution in [3.63, 3.8) is 0 Å². The van der Waals surface area contributed by atoms with E-state index in [-0.39, 0.29) is 5.84 Å². The van der Waals surface area contributed by atoms with E-state index >= 15 is 0 Å². The van der Waals surface area contributed by atoms with Crippen molar-refractivity contribution >= 4 is 5.84 Å². The van der Waals surface area contributed by atoms with Crippen LogP contribution in [0.25, 0.3) is 0 Å². The molecule has 0 aromatic heterocycles. The molecule has 3 N–H and O–H groups in total. The molecule has 21 heavy (non-hydrogen) atoms. The van der Waals surface area contributed by atoms with Gasteiger partial charge in [0.2, 0.25) is 0 Å². The summed E-state index contributed by atoms with van der Waals surface area (Å²) in [4.78, 5) is 4.76. The van der Waals surface area contributed by atoms with Gasteiger partial charge in [0.1, 0.15) is 11.6 Å². The molecule has 5 heteroatoms. The number of methoxy groups -OCH3 is 1. The van der Waals surface area contributed by atoms with Gasteiger partial charge < -0.3 is 15.4 Å². The number of ether oxygens (including phenoxy) is 1. The van der Waals surface area contributed by atoms with Gasteiger partial charge in [-0.05, 0) is 37.7 Å². The Morgan fingerprint density at radius 3 is 2.67 bits per heavy atom. The van der Waals surface area contributed by atoms with Crippen LogP contribution in [0.4, 0.5) is 0 Å².